The van der Waals surface area contributed by atoms with Crippen LogP contribution in [0.5, 0.6) is 11.5 Å². The van der Waals surface area contributed by atoms with Gasteiger partial charge in [0.2, 0.25) is 0 Å². The molecule has 94 valence electrons. The van der Waals surface area contributed by atoms with Crippen molar-refractivity contribution in [1.29, 1.82) is 0 Å². The lowest BCUT2D eigenvalue weighted by molar-refractivity contribution is 0.304. The highest BCUT2D eigenvalue weighted by atomic mass is 127. The second-order valence-corrected chi connectivity index (χ2v) is 4.96. The van der Waals surface area contributed by atoms with Crippen molar-refractivity contribution in [3.8, 4) is 11.5 Å². The number of methoxy groups -OCH3 is 1. The van der Waals surface area contributed by atoms with Crippen LogP contribution in [0.15, 0.2) is 42.5 Å². The van der Waals surface area contributed by atoms with Crippen LogP contribution in [0.1, 0.15) is 5.56 Å². The van der Waals surface area contributed by atoms with Crippen molar-refractivity contribution < 1.29 is 13.9 Å². The molecule has 2 aromatic rings. The number of hydrogen-bond acceptors (Lipinski definition) is 2. The van der Waals surface area contributed by atoms with Crippen LogP contribution in [0.2, 0.25) is 0 Å². The lowest BCUT2D eigenvalue weighted by Gasteiger charge is -2.08. The van der Waals surface area contributed by atoms with Crippen LogP contribution in [0.25, 0.3) is 0 Å². The van der Waals surface area contributed by atoms with E-state index in [2.05, 4.69) is 22.6 Å². The lowest BCUT2D eigenvalue weighted by atomic mass is 10.2. The van der Waals surface area contributed by atoms with Crippen LogP contribution in [0.3, 0.4) is 0 Å². The summed E-state index contributed by atoms with van der Waals surface area (Å²) in [5.41, 5.74) is 0.770. The topological polar surface area (TPSA) is 18.5 Å². The fourth-order valence-corrected chi connectivity index (χ4v) is 1.86. The predicted molar refractivity (Wildman–Crippen MR) is 76.4 cm³/mol. The summed E-state index contributed by atoms with van der Waals surface area (Å²) >= 11 is 2.23. The van der Waals surface area contributed by atoms with E-state index in [1.807, 2.05) is 24.3 Å². The number of hydrogen-bond donors (Lipinski definition) is 0. The van der Waals surface area contributed by atoms with Gasteiger partial charge in [-0.3, -0.25) is 0 Å². The molecule has 0 amide bonds. The molecule has 0 radical (unpaired) electrons. The summed E-state index contributed by atoms with van der Waals surface area (Å²) in [5.74, 6) is 0.640. The Morgan fingerprint density at radius 2 is 1.83 bits per heavy atom. The van der Waals surface area contributed by atoms with Gasteiger partial charge in [-0.05, 0) is 64.6 Å². The van der Waals surface area contributed by atoms with E-state index in [1.54, 1.807) is 12.1 Å². The molecule has 4 heteroatoms. The van der Waals surface area contributed by atoms with Gasteiger partial charge >= 0.3 is 0 Å². The Hall–Kier alpha value is -1.30. The minimum atomic E-state index is -0.374. The van der Waals surface area contributed by atoms with Crippen molar-refractivity contribution in [2.45, 2.75) is 6.61 Å². The van der Waals surface area contributed by atoms with Crippen LogP contribution in [-0.2, 0) is 6.61 Å². The lowest BCUT2D eigenvalue weighted by Crippen LogP contribution is -1.97. The van der Waals surface area contributed by atoms with Gasteiger partial charge in [0.05, 0.1) is 7.11 Å². The van der Waals surface area contributed by atoms with Crippen LogP contribution in [-0.4, -0.2) is 7.11 Å². The zero-order valence-corrected chi connectivity index (χ0v) is 12.0. The van der Waals surface area contributed by atoms with Crippen molar-refractivity contribution in [2.24, 2.45) is 0 Å². The predicted octanol–water partition coefficient (Wildman–Crippen LogP) is 4.02. The number of benzene rings is 2. The summed E-state index contributed by atoms with van der Waals surface area (Å²) in [7, 11) is 1.44. The molecular formula is C14H12FIO2. The molecule has 2 nitrogen and oxygen atoms in total. The average molecular weight is 358 g/mol. The largest absolute Gasteiger partial charge is 0.494 e. The van der Waals surface area contributed by atoms with Crippen LogP contribution in [0.4, 0.5) is 4.39 Å². The third-order valence-electron chi connectivity index (χ3n) is 2.44. The van der Waals surface area contributed by atoms with Gasteiger partial charge in [-0.1, -0.05) is 6.07 Å². The molecule has 0 unspecified atom stereocenters. The van der Waals surface area contributed by atoms with Crippen molar-refractivity contribution in [3.05, 3.63) is 57.4 Å². The first-order valence-electron chi connectivity index (χ1n) is 5.40. The number of halogens is 2. The van der Waals surface area contributed by atoms with E-state index >= 15 is 0 Å². The molecule has 18 heavy (non-hydrogen) atoms. The van der Waals surface area contributed by atoms with E-state index in [0.29, 0.717) is 6.61 Å². The Kier molecular flexibility index (Phi) is 4.41. The maximum absolute atomic E-state index is 13.4. The van der Waals surface area contributed by atoms with Gasteiger partial charge < -0.3 is 9.47 Å². The van der Waals surface area contributed by atoms with Crippen molar-refractivity contribution in [3.63, 3.8) is 0 Å². The summed E-state index contributed by atoms with van der Waals surface area (Å²) < 4.78 is 25.0. The quantitative estimate of drug-likeness (QED) is 0.769. The van der Waals surface area contributed by atoms with Gasteiger partial charge in [0.25, 0.3) is 0 Å². The summed E-state index contributed by atoms with van der Waals surface area (Å²) in [4.78, 5) is 0. The second-order valence-electron chi connectivity index (χ2n) is 3.71. The van der Waals surface area contributed by atoms with Crippen molar-refractivity contribution in [1.82, 2.24) is 0 Å². The molecule has 2 rings (SSSR count). The molecule has 0 fully saturated rings. The first-order chi connectivity index (χ1) is 8.69. The Bertz CT molecular complexity index is 526. The van der Waals surface area contributed by atoms with Gasteiger partial charge in [-0.2, -0.15) is 0 Å². The molecular weight excluding hydrogens is 346 g/mol. The van der Waals surface area contributed by atoms with Crippen LogP contribution in [0, 0.1) is 9.39 Å². The molecule has 0 heterocycles. The fraction of sp³-hybridized carbons (Fsp3) is 0.143. The van der Waals surface area contributed by atoms with E-state index in [0.717, 1.165) is 14.9 Å². The minimum absolute atomic E-state index is 0.244. The molecule has 0 bridgehead atoms. The Labute approximate surface area is 119 Å². The first kappa shape index (κ1) is 13.1. The van der Waals surface area contributed by atoms with Crippen LogP contribution < -0.4 is 9.47 Å². The molecule has 2 aromatic carbocycles. The molecule has 0 aliphatic carbocycles. The Morgan fingerprint density at radius 1 is 1.11 bits per heavy atom. The second kappa shape index (κ2) is 6.04. The van der Waals surface area contributed by atoms with Gasteiger partial charge in [0, 0.05) is 3.57 Å². The monoisotopic (exact) mass is 358 g/mol. The van der Waals surface area contributed by atoms with E-state index in [1.165, 1.54) is 13.2 Å². The zero-order chi connectivity index (χ0) is 13.0. The average Bonchev–Trinajstić information content (AvgIpc) is 2.38. The van der Waals surface area contributed by atoms with E-state index < -0.39 is 0 Å². The van der Waals surface area contributed by atoms with Gasteiger partial charge in [0.1, 0.15) is 12.4 Å². The summed E-state index contributed by atoms with van der Waals surface area (Å²) in [6, 6.07) is 12.5. The SMILES string of the molecule is COc1ccc(COc2ccc(I)cc2)cc1F. The summed E-state index contributed by atoms with van der Waals surface area (Å²) in [6.45, 7) is 0.335. The molecule has 0 aromatic heterocycles. The summed E-state index contributed by atoms with van der Waals surface area (Å²) in [6.07, 6.45) is 0. The normalized spacial score (nSPS) is 10.2. The molecule has 0 spiro atoms. The Balaban J connectivity index is 2.02. The molecule has 0 aliphatic rings. The van der Waals surface area contributed by atoms with Gasteiger partial charge in [-0.25, -0.2) is 4.39 Å². The van der Waals surface area contributed by atoms with E-state index in [9.17, 15) is 4.39 Å². The molecule has 0 saturated carbocycles. The van der Waals surface area contributed by atoms with E-state index in [-0.39, 0.29) is 11.6 Å². The minimum Gasteiger partial charge on any atom is -0.494 e. The van der Waals surface area contributed by atoms with Crippen LogP contribution >= 0.6 is 22.6 Å². The maximum Gasteiger partial charge on any atom is 0.165 e. The van der Waals surface area contributed by atoms with Crippen molar-refractivity contribution in [2.75, 3.05) is 7.11 Å². The number of ether oxygens (including phenoxy) is 2. The third kappa shape index (κ3) is 3.35. The highest BCUT2D eigenvalue weighted by Crippen LogP contribution is 2.19. The fourth-order valence-electron chi connectivity index (χ4n) is 1.50. The number of rotatable bonds is 4. The molecule has 0 saturated heterocycles. The first-order valence-corrected chi connectivity index (χ1v) is 6.47. The maximum atomic E-state index is 13.4. The van der Waals surface area contributed by atoms with Crippen molar-refractivity contribution >= 4 is 22.6 Å². The highest BCUT2D eigenvalue weighted by molar-refractivity contribution is 14.1. The standard InChI is InChI=1S/C14H12FIO2/c1-17-14-7-2-10(8-13(14)15)9-18-12-5-3-11(16)4-6-12/h2-8H,9H2,1H3. The zero-order valence-electron chi connectivity index (χ0n) is 9.82. The smallest absolute Gasteiger partial charge is 0.165 e. The van der Waals surface area contributed by atoms with E-state index in [4.69, 9.17) is 9.47 Å². The molecule has 0 atom stereocenters. The highest BCUT2D eigenvalue weighted by Gasteiger charge is 2.04. The molecule has 0 N–H and O–H groups in total. The van der Waals surface area contributed by atoms with Gasteiger partial charge in [-0.15, -0.1) is 0 Å². The molecule has 0 aliphatic heterocycles. The third-order valence-corrected chi connectivity index (χ3v) is 3.15. The Morgan fingerprint density at radius 3 is 2.44 bits per heavy atom. The summed E-state index contributed by atoms with van der Waals surface area (Å²) in [5, 5.41) is 0. The van der Waals surface area contributed by atoms with Gasteiger partial charge in [0.15, 0.2) is 11.6 Å².